The lowest BCUT2D eigenvalue weighted by Gasteiger charge is -2.13. The third-order valence-electron chi connectivity index (χ3n) is 3.29. The van der Waals surface area contributed by atoms with E-state index in [-0.39, 0.29) is 16.7 Å². The molecular weight excluding hydrogens is 374 g/mol. The Morgan fingerprint density at radius 2 is 1.69 bits per heavy atom. The average molecular weight is 393 g/mol. The van der Waals surface area contributed by atoms with Gasteiger partial charge in [-0.2, -0.15) is 0 Å². The molecule has 0 bridgehead atoms. The molecular formula is C17H19N3O4S2. The van der Waals surface area contributed by atoms with Crippen LogP contribution >= 0.6 is 11.8 Å². The van der Waals surface area contributed by atoms with Crippen molar-refractivity contribution in [1.29, 1.82) is 0 Å². The molecule has 2 aromatic rings. The lowest BCUT2D eigenvalue weighted by molar-refractivity contribution is -0.115. The van der Waals surface area contributed by atoms with Gasteiger partial charge in [-0.05, 0) is 49.4 Å². The molecule has 1 unspecified atom stereocenters. The van der Waals surface area contributed by atoms with Gasteiger partial charge in [0.2, 0.25) is 21.8 Å². The molecule has 0 saturated heterocycles. The molecule has 0 aliphatic heterocycles. The molecule has 138 valence electrons. The maximum atomic E-state index is 12.3. The summed E-state index contributed by atoms with van der Waals surface area (Å²) in [6.45, 7) is 3.17. The molecule has 1 atom stereocenters. The van der Waals surface area contributed by atoms with Crippen LogP contribution in [-0.2, 0) is 19.6 Å². The molecule has 0 aliphatic carbocycles. The van der Waals surface area contributed by atoms with Crippen molar-refractivity contribution in [2.24, 2.45) is 5.14 Å². The lowest BCUT2D eigenvalue weighted by atomic mass is 10.3. The van der Waals surface area contributed by atoms with E-state index in [1.807, 2.05) is 0 Å². The van der Waals surface area contributed by atoms with Crippen molar-refractivity contribution < 1.29 is 18.0 Å². The first kappa shape index (κ1) is 20.0. The van der Waals surface area contributed by atoms with Crippen molar-refractivity contribution >= 4 is 45.0 Å². The number of carbonyl (C=O) groups is 2. The molecule has 2 amide bonds. The molecule has 0 aromatic heterocycles. The Balaban J connectivity index is 2.00. The summed E-state index contributed by atoms with van der Waals surface area (Å²) in [5, 5.41) is 10.0. The van der Waals surface area contributed by atoms with Crippen molar-refractivity contribution in [3.8, 4) is 0 Å². The Morgan fingerprint density at radius 1 is 1.04 bits per heavy atom. The van der Waals surface area contributed by atoms with Gasteiger partial charge in [0.05, 0.1) is 10.1 Å². The fraction of sp³-hybridized carbons (Fsp3) is 0.176. The number of benzene rings is 2. The van der Waals surface area contributed by atoms with Gasteiger partial charge in [0, 0.05) is 23.2 Å². The largest absolute Gasteiger partial charge is 0.326 e. The minimum Gasteiger partial charge on any atom is -0.326 e. The smallest absolute Gasteiger partial charge is 0.238 e. The van der Waals surface area contributed by atoms with Crippen molar-refractivity contribution in [2.45, 2.75) is 28.9 Å². The second-order valence-electron chi connectivity index (χ2n) is 5.53. The van der Waals surface area contributed by atoms with Gasteiger partial charge >= 0.3 is 0 Å². The number of nitrogens with two attached hydrogens (primary N) is 1. The summed E-state index contributed by atoms with van der Waals surface area (Å²) in [7, 11) is -3.83. The second-order valence-corrected chi connectivity index (χ2v) is 8.50. The van der Waals surface area contributed by atoms with Crippen LogP contribution in [0.25, 0.3) is 0 Å². The maximum Gasteiger partial charge on any atom is 0.238 e. The summed E-state index contributed by atoms with van der Waals surface area (Å²) < 4.78 is 22.8. The summed E-state index contributed by atoms with van der Waals surface area (Å²) in [5.41, 5.74) is 1.04. The number of anilines is 2. The van der Waals surface area contributed by atoms with Gasteiger partial charge in [-0.15, -0.1) is 11.8 Å². The Hall–Kier alpha value is -2.36. The Morgan fingerprint density at radius 3 is 2.27 bits per heavy atom. The van der Waals surface area contributed by atoms with Gasteiger partial charge in [-0.3, -0.25) is 9.59 Å². The molecule has 2 aromatic carbocycles. The van der Waals surface area contributed by atoms with Crippen LogP contribution in [0.1, 0.15) is 13.8 Å². The highest BCUT2D eigenvalue weighted by Crippen LogP contribution is 2.26. The fourth-order valence-electron chi connectivity index (χ4n) is 2.07. The predicted molar refractivity (Wildman–Crippen MR) is 103 cm³/mol. The minimum absolute atomic E-state index is 0.0656. The maximum absolute atomic E-state index is 12.3. The van der Waals surface area contributed by atoms with E-state index < -0.39 is 15.3 Å². The molecule has 2 rings (SSSR count). The van der Waals surface area contributed by atoms with Crippen molar-refractivity contribution in [3.05, 3.63) is 48.5 Å². The van der Waals surface area contributed by atoms with Gasteiger partial charge < -0.3 is 10.6 Å². The van der Waals surface area contributed by atoms with Crippen LogP contribution in [-0.4, -0.2) is 25.5 Å². The van der Waals surface area contributed by atoms with E-state index in [0.29, 0.717) is 11.4 Å². The van der Waals surface area contributed by atoms with E-state index in [0.717, 1.165) is 4.90 Å². The van der Waals surface area contributed by atoms with Crippen LogP contribution in [0, 0.1) is 0 Å². The Labute approximate surface area is 156 Å². The number of primary sulfonamides is 1. The monoisotopic (exact) mass is 393 g/mol. The molecule has 0 saturated carbocycles. The quantitative estimate of drug-likeness (QED) is 0.651. The van der Waals surface area contributed by atoms with Crippen molar-refractivity contribution in [2.75, 3.05) is 10.6 Å². The summed E-state index contributed by atoms with van der Waals surface area (Å²) in [6, 6.07) is 12.9. The first-order valence-corrected chi connectivity index (χ1v) is 10.1. The van der Waals surface area contributed by atoms with Crippen LogP contribution in [0.3, 0.4) is 0 Å². The molecule has 26 heavy (non-hydrogen) atoms. The third kappa shape index (κ3) is 5.87. The number of sulfonamides is 1. The average Bonchev–Trinajstić information content (AvgIpc) is 2.55. The summed E-state index contributed by atoms with van der Waals surface area (Å²) in [6.07, 6.45) is 0. The molecule has 0 fully saturated rings. The molecule has 0 spiro atoms. The highest BCUT2D eigenvalue weighted by atomic mass is 32.2. The second kappa shape index (κ2) is 8.35. The first-order valence-electron chi connectivity index (χ1n) is 7.63. The third-order valence-corrected chi connectivity index (χ3v) is 5.31. The number of amides is 2. The molecule has 0 heterocycles. The van der Waals surface area contributed by atoms with Gasteiger partial charge in [0.1, 0.15) is 0 Å². The van der Waals surface area contributed by atoms with Crippen LogP contribution < -0.4 is 15.8 Å². The van der Waals surface area contributed by atoms with Crippen molar-refractivity contribution in [1.82, 2.24) is 0 Å². The van der Waals surface area contributed by atoms with Crippen LogP contribution in [0.4, 0.5) is 11.4 Å². The van der Waals surface area contributed by atoms with E-state index in [2.05, 4.69) is 10.6 Å². The van der Waals surface area contributed by atoms with Gasteiger partial charge in [-0.25, -0.2) is 13.6 Å². The highest BCUT2D eigenvalue weighted by Gasteiger charge is 2.16. The summed E-state index contributed by atoms with van der Waals surface area (Å²) >= 11 is 1.34. The van der Waals surface area contributed by atoms with Crippen molar-refractivity contribution in [3.63, 3.8) is 0 Å². The zero-order chi connectivity index (χ0) is 19.3. The number of hydrogen-bond donors (Lipinski definition) is 3. The first-order chi connectivity index (χ1) is 12.1. The van der Waals surface area contributed by atoms with Crippen LogP contribution in [0.2, 0.25) is 0 Å². The molecule has 0 radical (unpaired) electrons. The predicted octanol–water partition coefficient (Wildman–Crippen LogP) is 2.41. The van der Waals surface area contributed by atoms with Crippen LogP contribution in [0.5, 0.6) is 0 Å². The molecule has 7 nitrogen and oxygen atoms in total. The summed E-state index contributed by atoms with van der Waals surface area (Å²) in [4.78, 5) is 24.1. The lowest BCUT2D eigenvalue weighted by Crippen LogP contribution is -2.22. The normalized spacial score (nSPS) is 12.3. The van der Waals surface area contributed by atoms with Gasteiger partial charge in [0.15, 0.2) is 0 Å². The number of hydrogen-bond acceptors (Lipinski definition) is 5. The number of thioether (sulfide) groups is 1. The highest BCUT2D eigenvalue weighted by molar-refractivity contribution is 8.00. The van der Waals surface area contributed by atoms with Crippen LogP contribution in [0.15, 0.2) is 58.3 Å². The van der Waals surface area contributed by atoms with E-state index >= 15 is 0 Å². The number of rotatable bonds is 6. The number of carbonyl (C=O) groups excluding carboxylic acids is 2. The fourth-order valence-corrected chi connectivity index (χ4v) is 3.50. The van der Waals surface area contributed by atoms with Gasteiger partial charge in [0.25, 0.3) is 0 Å². The zero-order valence-electron chi connectivity index (χ0n) is 14.2. The molecule has 4 N–H and O–H groups in total. The Kier molecular flexibility index (Phi) is 6.41. The standard InChI is InChI=1S/C17H19N3O4S2/c1-11(25-15-8-6-13(7-9-15)19-12(2)21)17(22)20-14-4-3-5-16(10-14)26(18,23)24/h3-11H,1-2H3,(H,19,21)(H,20,22)(H2,18,23,24). The summed E-state index contributed by atoms with van der Waals surface area (Å²) in [5.74, 6) is -0.424. The SMILES string of the molecule is CC(=O)Nc1ccc(SC(C)C(=O)Nc2cccc(S(N)(=O)=O)c2)cc1. The van der Waals surface area contributed by atoms with E-state index in [9.17, 15) is 18.0 Å². The zero-order valence-corrected chi connectivity index (χ0v) is 15.9. The topological polar surface area (TPSA) is 118 Å². The minimum atomic E-state index is -3.83. The molecule has 0 aliphatic rings. The van der Waals surface area contributed by atoms with E-state index in [4.69, 9.17) is 5.14 Å². The molecule has 9 heteroatoms. The van der Waals surface area contributed by atoms with Gasteiger partial charge in [-0.1, -0.05) is 6.07 Å². The Bertz CT molecular complexity index is 912. The van der Waals surface area contributed by atoms with E-state index in [1.54, 1.807) is 37.3 Å². The number of nitrogens with one attached hydrogen (secondary N) is 2. The van der Waals surface area contributed by atoms with E-state index in [1.165, 1.54) is 36.9 Å².